The van der Waals surface area contributed by atoms with Gasteiger partial charge >= 0.3 is 5.97 Å². The molecule has 0 saturated carbocycles. The van der Waals surface area contributed by atoms with Crippen LogP contribution < -0.4 is 0 Å². The maximum atomic E-state index is 11.9. The first kappa shape index (κ1) is 12.7. The van der Waals surface area contributed by atoms with Gasteiger partial charge in [-0.15, -0.1) is 0 Å². The van der Waals surface area contributed by atoms with E-state index in [2.05, 4.69) is 31.0 Å². The maximum absolute atomic E-state index is 11.9. The molecule has 102 valence electrons. The summed E-state index contributed by atoms with van der Waals surface area (Å²) in [5, 5.41) is 2.26. The van der Waals surface area contributed by atoms with Gasteiger partial charge in [0.1, 0.15) is 0 Å². The van der Waals surface area contributed by atoms with Crippen molar-refractivity contribution in [3.05, 3.63) is 47.0 Å². The minimum absolute atomic E-state index is 0.269. The van der Waals surface area contributed by atoms with Gasteiger partial charge in [-0.25, -0.2) is 4.79 Å². The highest BCUT2D eigenvalue weighted by molar-refractivity contribution is 6.11. The second-order valence-corrected chi connectivity index (χ2v) is 5.06. The second kappa shape index (κ2) is 4.67. The molecule has 0 unspecified atom stereocenters. The number of aryl methyl sites for hydroxylation is 2. The van der Waals surface area contributed by atoms with Crippen molar-refractivity contribution in [2.75, 3.05) is 6.61 Å². The molecule has 0 aliphatic carbocycles. The number of rotatable bonds is 2. The molecule has 1 aromatic heterocycles. The van der Waals surface area contributed by atoms with Gasteiger partial charge in [-0.1, -0.05) is 12.1 Å². The number of hydrogen-bond donors (Lipinski definition) is 1. The Morgan fingerprint density at radius 2 is 1.90 bits per heavy atom. The van der Waals surface area contributed by atoms with E-state index in [9.17, 15) is 4.79 Å². The van der Waals surface area contributed by atoms with Gasteiger partial charge in [-0.3, -0.25) is 0 Å². The molecular formula is C17H17NO2. The lowest BCUT2D eigenvalue weighted by Gasteiger charge is -2.03. The molecule has 0 radical (unpaired) electrons. The lowest BCUT2D eigenvalue weighted by Crippen LogP contribution is -2.03. The Morgan fingerprint density at radius 3 is 2.65 bits per heavy atom. The van der Waals surface area contributed by atoms with Crippen LogP contribution in [0.1, 0.15) is 28.4 Å². The molecule has 0 aliphatic rings. The topological polar surface area (TPSA) is 42.1 Å². The fraction of sp³-hybridized carbons (Fsp3) is 0.235. The van der Waals surface area contributed by atoms with Gasteiger partial charge in [-0.2, -0.15) is 0 Å². The molecule has 0 spiro atoms. The van der Waals surface area contributed by atoms with Crippen molar-refractivity contribution < 1.29 is 9.53 Å². The molecule has 0 aliphatic heterocycles. The monoisotopic (exact) mass is 267 g/mol. The summed E-state index contributed by atoms with van der Waals surface area (Å²) < 4.78 is 5.07. The van der Waals surface area contributed by atoms with Crippen molar-refractivity contribution >= 4 is 27.8 Å². The van der Waals surface area contributed by atoms with Crippen molar-refractivity contribution in [2.24, 2.45) is 0 Å². The third-order valence-electron chi connectivity index (χ3n) is 3.68. The quantitative estimate of drug-likeness (QED) is 0.710. The van der Waals surface area contributed by atoms with Crippen molar-refractivity contribution in [1.29, 1.82) is 0 Å². The van der Waals surface area contributed by atoms with Crippen LogP contribution in [-0.2, 0) is 4.74 Å². The lowest BCUT2D eigenvalue weighted by molar-refractivity contribution is 0.0526. The van der Waals surface area contributed by atoms with E-state index >= 15 is 0 Å². The summed E-state index contributed by atoms with van der Waals surface area (Å²) >= 11 is 0. The first-order chi connectivity index (χ1) is 9.61. The molecular weight excluding hydrogens is 250 g/mol. The number of carbonyl (C=O) groups is 1. The molecule has 2 aromatic carbocycles. The predicted octanol–water partition coefficient (Wildman–Crippen LogP) is 4.11. The smallest absolute Gasteiger partial charge is 0.338 e. The zero-order chi connectivity index (χ0) is 14.3. The van der Waals surface area contributed by atoms with E-state index in [4.69, 9.17) is 4.74 Å². The summed E-state index contributed by atoms with van der Waals surface area (Å²) in [5.41, 5.74) is 5.20. The molecule has 20 heavy (non-hydrogen) atoms. The highest BCUT2D eigenvalue weighted by Gasteiger charge is 2.12. The Hall–Kier alpha value is -2.29. The molecule has 3 nitrogen and oxygen atoms in total. The van der Waals surface area contributed by atoms with E-state index in [0.717, 1.165) is 16.4 Å². The van der Waals surface area contributed by atoms with Crippen LogP contribution in [-0.4, -0.2) is 17.6 Å². The lowest BCUT2D eigenvalue weighted by atomic mass is 10.0. The van der Waals surface area contributed by atoms with Crippen LogP contribution in [0.4, 0.5) is 0 Å². The fourth-order valence-corrected chi connectivity index (χ4v) is 2.66. The zero-order valence-corrected chi connectivity index (χ0v) is 11.9. The number of H-pyrrole nitrogens is 1. The highest BCUT2D eigenvalue weighted by Crippen LogP contribution is 2.31. The molecule has 0 bridgehead atoms. The van der Waals surface area contributed by atoms with Crippen molar-refractivity contribution in [2.45, 2.75) is 20.8 Å². The van der Waals surface area contributed by atoms with Gasteiger partial charge in [0.05, 0.1) is 12.2 Å². The van der Waals surface area contributed by atoms with E-state index in [1.54, 1.807) is 6.07 Å². The average molecular weight is 267 g/mol. The molecule has 3 heteroatoms. The van der Waals surface area contributed by atoms with E-state index in [0.29, 0.717) is 12.2 Å². The van der Waals surface area contributed by atoms with Gasteiger partial charge < -0.3 is 9.72 Å². The first-order valence-electron chi connectivity index (χ1n) is 6.80. The number of carbonyl (C=O) groups excluding carboxylic acids is 1. The molecule has 1 N–H and O–H groups in total. The second-order valence-electron chi connectivity index (χ2n) is 5.06. The van der Waals surface area contributed by atoms with Crippen LogP contribution in [0.15, 0.2) is 30.3 Å². The number of aromatic nitrogens is 1. The Balaban J connectivity index is 2.30. The third kappa shape index (κ3) is 1.86. The van der Waals surface area contributed by atoms with E-state index < -0.39 is 0 Å². The standard InChI is InChI=1S/C17H17NO2/c1-4-20-17(19)12-7-8-14-13(9-12)15-10(2)5-6-11(3)16(15)18-14/h5-9,18H,4H2,1-3H3. The minimum Gasteiger partial charge on any atom is -0.462 e. The van der Waals surface area contributed by atoms with Crippen LogP contribution in [0.25, 0.3) is 21.8 Å². The molecule has 0 atom stereocenters. The highest BCUT2D eigenvalue weighted by atomic mass is 16.5. The normalized spacial score (nSPS) is 11.2. The summed E-state index contributed by atoms with van der Waals surface area (Å²) in [6.45, 7) is 6.38. The number of nitrogens with one attached hydrogen (secondary N) is 1. The molecule has 0 fully saturated rings. The van der Waals surface area contributed by atoms with Crippen LogP contribution in [0.5, 0.6) is 0 Å². The fourth-order valence-electron chi connectivity index (χ4n) is 2.66. The number of aromatic amines is 1. The summed E-state index contributed by atoms with van der Waals surface area (Å²) in [5.74, 6) is -0.269. The Bertz CT molecular complexity index is 815. The van der Waals surface area contributed by atoms with Gasteiger partial charge in [0.15, 0.2) is 0 Å². The van der Waals surface area contributed by atoms with Crippen molar-refractivity contribution in [3.8, 4) is 0 Å². The number of esters is 1. The van der Waals surface area contributed by atoms with Crippen molar-refractivity contribution in [1.82, 2.24) is 4.98 Å². The van der Waals surface area contributed by atoms with Crippen LogP contribution in [0.3, 0.4) is 0 Å². The number of benzene rings is 2. The Kier molecular flexibility index (Phi) is 2.97. The number of ether oxygens (including phenoxy) is 1. The summed E-state index contributed by atoms with van der Waals surface area (Å²) in [4.78, 5) is 15.3. The molecule has 3 aromatic rings. The number of hydrogen-bond acceptors (Lipinski definition) is 2. The van der Waals surface area contributed by atoms with Gasteiger partial charge in [-0.05, 0) is 50.1 Å². The molecule has 3 rings (SSSR count). The minimum atomic E-state index is -0.269. The summed E-state index contributed by atoms with van der Waals surface area (Å²) in [7, 11) is 0. The SMILES string of the molecule is CCOC(=O)c1ccc2[nH]c3c(C)ccc(C)c3c2c1. The third-order valence-corrected chi connectivity index (χ3v) is 3.68. The Morgan fingerprint density at radius 1 is 1.15 bits per heavy atom. The average Bonchev–Trinajstić information content (AvgIpc) is 2.83. The van der Waals surface area contributed by atoms with Crippen molar-refractivity contribution in [3.63, 3.8) is 0 Å². The summed E-state index contributed by atoms with van der Waals surface area (Å²) in [6, 6.07) is 9.89. The summed E-state index contributed by atoms with van der Waals surface area (Å²) in [6.07, 6.45) is 0. The van der Waals surface area contributed by atoms with Crippen LogP contribution in [0.2, 0.25) is 0 Å². The molecule has 1 heterocycles. The molecule has 0 saturated heterocycles. The van der Waals surface area contributed by atoms with Crippen LogP contribution in [0, 0.1) is 13.8 Å². The van der Waals surface area contributed by atoms with Gasteiger partial charge in [0.2, 0.25) is 0 Å². The first-order valence-corrected chi connectivity index (χ1v) is 6.80. The zero-order valence-electron chi connectivity index (χ0n) is 11.9. The Labute approximate surface area is 117 Å². The largest absolute Gasteiger partial charge is 0.462 e. The van der Waals surface area contributed by atoms with E-state index in [-0.39, 0.29) is 5.97 Å². The number of fused-ring (bicyclic) bond motifs is 3. The maximum Gasteiger partial charge on any atom is 0.338 e. The molecule has 0 amide bonds. The van der Waals surface area contributed by atoms with E-state index in [1.165, 1.54) is 16.5 Å². The van der Waals surface area contributed by atoms with Crippen LogP contribution >= 0.6 is 0 Å². The van der Waals surface area contributed by atoms with E-state index in [1.807, 2.05) is 19.1 Å². The predicted molar refractivity (Wildman–Crippen MR) is 81.2 cm³/mol. The van der Waals surface area contributed by atoms with Gasteiger partial charge in [0.25, 0.3) is 0 Å². The van der Waals surface area contributed by atoms with Gasteiger partial charge in [0, 0.05) is 21.8 Å².